The lowest BCUT2D eigenvalue weighted by Crippen LogP contribution is -2.31. The van der Waals surface area contributed by atoms with Crippen LogP contribution in [0.2, 0.25) is 0 Å². The largest absolute Gasteiger partial charge is 0.465 e. The second-order valence-electron chi connectivity index (χ2n) is 3.38. The number of carbonyl (C=O) groups excluding carboxylic acids is 2. The zero-order valence-electron chi connectivity index (χ0n) is 9.27. The van der Waals surface area contributed by atoms with Crippen molar-refractivity contribution in [1.29, 1.82) is 0 Å². The first-order valence-electron chi connectivity index (χ1n) is 4.72. The van der Waals surface area contributed by atoms with E-state index in [9.17, 15) is 9.59 Å². The molecule has 1 aromatic rings. The topological polar surface area (TPSA) is 72.6 Å². The van der Waals surface area contributed by atoms with Crippen LogP contribution in [0.3, 0.4) is 0 Å². The minimum Gasteiger partial charge on any atom is -0.465 e. The van der Waals surface area contributed by atoms with Gasteiger partial charge in [-0.25, -0.2) is 9.59 Å². The van der Waals surface area contributed by atoms with Crippen LogP contribution in [-0.2, 0) is 11.3 Å². The molecule has 0 fully saturated rings. The van der Waals surface area contributed by atoms with Crippen molar-refractivity contribution in [3.8, 4) is 0 Å². The van der Waals surface area contributed by atoms with Crippen LogP contribution < -0.4 is 5.73 Å². The molecule has 0 bridgehead atoms. The summed E-state index contributed by atoms with van der Waals surface area (Å²) in [5.74, 6) is -0.380. The molecule has 0 radical (unpaired) electrons. The molecule has 0 spiro atoms. The minimum absolute atomic E-state index is 0.380. The summed E-state index contributed by atoms with van der Waals surface area (Å²) in [5, 5.41) is 0. The molecule has 0 aliphatic heterocycles. The minimum atomic E-state index is -0.489. The highest BCUT2D eigenvalue weighted by Crippen LogP contribution is 2.07. The SMILES string of the molecule is COC(=O)c1ccc(CN(C)C(N)=O)cc1. The van der Waals surface area contributed by atoms with Crippen molar-refractivity contribution in [2.45, 2.75) is 6.54 Å². The van der Waals surface area contributed by atoms with Gasteiger partial charge in [-0.05, 0) is 17.7 Å². The van der Waals surface area contributed by atoms with E-state index in [4.69, 9.17) is 5.73 Å². The number of carbonyl (C=O) groups is 2. The third kappa shape index (κ3) is 2.98. The number of primary amides is 1. The predicted octanol–water partition coefficient (Wildman–Crippen LogP) is 0.984. The summed E-state index contributed by atoms with van der Waals surface area (Å²) in [5.41, 5.74) is 6.47. The summed E-state index contributed by atoms with van der Waals surface area (Å²) in [4.78, 5) is 23.3. The van der Waals surface area contributed by atoms with Gasteiger partial charge in [0.2, 0.25) is 0 Å². The van der Waals surface area contributed by atoms with E-state index in [2.05, 4.69) is 4.74 Å². The standard InChI is InChI=1S/C11H14N2O3/c1-13(11(12)15)7-8-3-5-9(6-4-8)10(14)16-2/h3-6H,7H2,1-2H3,(H2,12,15). The Bertz CT molecular complexity index is 387. The number of benzene rings is 1. The molecule has 86 valence electrons. The molecule has 1 rings (SSSR count). The van der Waals surface area contributed by atoms with Gasteiger partial charge in [0.25, 0.3) is 0 Å². The number of urea groups is 1. The van der Waals surface area contributed by atoms with Crippen LogP contribution in [0.5, 0.6) is 0 Å². The van der Waals surface area contributed by atoms with Gasteiger partial charge in [-0.15, -0.1) is 0 Å². The van der Waals surface area contributed by atoms with E-state index >= 15 is 0 Å². The van der Waals surface area contributed by atoms with Crippen LogP contribution in [0.25, 0.3) is 0 Å². The van der Waals surface area contributed by atoms with Crippen molar-refractivity contribution in [1.82, 2.24) is 4.90 Å². The lowest BCUT2D eigenvalue weighted by Gasteiger charge is -2.13. The molecule has 1 aromatic carbocycles. The Morgan fingerprint density at radius 2 is 1.88 bits per heavy atom. The Balaban J connectivity index is 2.72. The molecule has 16 heavy (non-hydrogen) atoms. The van der Waals surface area contributed by atoms with Crippen molar-refractivity contribution in [3.05, 3.63) is 35.4 Å². The highest BCUT2D eigenvalue weighted by atomic mass is 16.5. The first kappa shape index (κ1) is 12.0. The molecule has 5 heteroatoms. The fraction of sp³-hybridized carbons (Fsp3) is 0.273. The lowest BCUT2D eigenvalue weighted by molar-refractivity contribution is 0.0600. The Labute approximate surface area is 93.8 Å². The average molecular weight is 222 g/mol. The van der Waals surface area contributed by atoms with Crippen LogP contribution >= 0.6 is 0 Å². The van der Waals surface area contributed by atoms with Gasteiger partial charge in [-0.3, -0.25) is 0 Å². The van der Waals surface area contributed by atoms with Crippen molar-refractivity contribution in [3.63, 3.8) is 0 Å². The molecule has 2 N–H and O–H groups in total. The van der Waals surface area contributed by atoms with Crippen molar-refractivity contribution in [2.24, 2.45) is 5.73 Å². The van der Waals surface area contributed by atoms with Crippen LogP contribution in [-0.4, -0.2) is 31.1 Å². The number of hydrogen-bond donors (Lipinski definition) is 1. The molecule has 0 unspecified atom stereocenters. The van der Waals surface area contributed by atoms with Crippen LogP contribution in [0, 0.1) is 0 Å². The normalized spacial score (nSPS) is 9.62. The van der Waals surface area contributed by atoms with E-state index in [-0.39, 0.29) is 5.97 Å². The Hall–Kier alpha value is -2.04. The summed E-state index contributed by atoms with van der Waals surface area (Å²) in [7, 11) is 2.94. The summed E-state index contributed by atoms with van der Waals surface area (Å²) >= 11 is 0. The smallest absolute Gasteiger partial charge is 0.337 e. The third-order valence-corrected chi connectivity index (χ3v) is 2.17. The second-order valence-corrected chi connectivity index (χ2v) is 3.38. The van der Waals surface area contributed by atoms with Gasteiger partial charge in [0, 0.05) is 13.6 Å². The molecule has 2 amide bonds. The number of nitrogens with two attached hydrogens (primary N) is 1. The van der Waals surface area contributed by atoms with Crippen LogP contribution in [0.15, 0.2) is 24.3 Å². The van der Waals surface area contributed by atoms with Gasteiger partial charge in [0.05, 0.1) is 12.7 Å². The van der Waals surface area contributed by atoms with Gasteiger partial charge in [-0.1, -0.05) is 12.1 Å². The van der Waals surface area contributed by atoms with Crippen molar-refractivity contribution in [2.75, 3.05) is 14.2 Å². The number of rotatable bonds is 3. The summed E-state index contributed by atoms with van der Waals surface area (Å²) in [6, 6.07) is 6.32. The van der Waals surface area contributed by atoms with Gasteiger partial charge >= 0.3 is 12.0 Å². The zero-order chi connectivity index (χ0) is 12.1. The van der Waals surface area contributed by atoms with E-state index in [1.807, 2.05) is 0 Å². The molecule has 0 saturated heterocycles. The molecule has 0 aliphatic carbocycles. The second kappa shape index (κ2) is 5.16. The number of ether oxygens (including phenoxy) is 1. The van der Waals surface area contributed by atoms with E-state index < -0.39 is 6.03 Å². The molecule has 0 heterocycles. The highest BCUT2D eigenvalue weighted by molar-refractivity contribution is 5.89. The molecule has 5 nitrogen and oxygen atoms in total. The van der Waals surface area contributed by atoms with Gasteiger partial charge in [0.15, 0.2) is 0 Å². The first-order valence-corrected chi connectivity index (χ1v) is 4.72. The summed E-state index contributed by atoms with van der Waals surface area (Å²) in [6.07, 6.45) is 0. The monoisotopic (exact) mass is 222 g/mol. The zero-order valence-corrected chi connectivity index (χ0v) is 9.27. The Morgan fingerprint density at radius 1 is 1.31 bits per heavy atom. The molecular formula is C11H14N2O3. The summed E-state index contributed by atoms with van der Waals surface area (Å²) < 4.78 is 4.57. The number of nitrogens with zero attached hydrogens (tertiary/aromatic N) is 1. The van der Waals surface area contributed by atoms with E-state index in [1.165, 1.54) is 12.0 Å². The Morgan fingerprint density at radius 3 is 2.31 bits per heavy atom. The van der Waals surface area contributed by atoms with Crippen LogP contribution in [0.1, 0.15) is 15.9 Å². The maximum atomic E-state index is 11.1. The third-order valence-electron chi connectivity index (χ3n) is 2.17. The quantitative estimate of drug-likeness (QED) is 0.775. The highest BCUT2D eigenvalue weighted by Gasteiger charge is 2.06. The predicted molar refractivity (Wildman–Crippen MR) is 58.8 cm³/mol. The van der Waals surface area contributed by atoms with Crippen LogP contribution in [0.4, 0.5) is 4.79 Å². The lowest BCUT2D eigenvalue weighted by atomic mass is 10.1. The molecule has 0 saturated carbocycles. The van der Waals surface area contributed by atoms with Gasteiger partial charge < -0.3 is 15.4 Å². The maximum Gasteiger partial charge on any atom is 0.337 e. The summed E-state index contributed by atoms with van der Waals surface area (Å²) in [6.45, 7) is 0.413. The maximum absolute atomic E-state index is 11.1. The van der Waals surface area contributed by atoms with Gasteiger partial charge in [-0.2, -0.15) is 0 Å². The number of hydrogen-bond acceptors (Lipinski definition) is 3. The van der Waals surface area contributed by atoms with E-state index in [0.717, 1.165) is 5.56 Å². The number of esters is 1. The molecule has 0 atom stereocenters. The fourth-order valence-electron chi connectivity index (χ4n) is 1.22. The first-order chi connectivity index (χ1) is 7.54. The molecule has 0 aliphatic rings. The van der Waals surface area contributed by atoms with Crippen molar-refractivity contribution >= 4 is 12.0 Å². The Kier molecular flexibility index (Phi) is 3.88. The average Bonchev–Trinajstić information content (AvgIpc) is 2.28. The molecular weight excluding hydrogens is 208 g/mol. The molecule has 0 aromatic heterocycles. The van der Waals surface area contributed by atoms with E-state index in [0.29, 0.717) is 12.1 Å². The van der Waals surface area contributed by atoms with Gasteiger partial charge in [0.1, 0.15) is 0 Å². The number of amides is 2. The fourth-order valence-corrected chi connectivity index (χ4v) is 1.22. The van der Waals surface area contributed by atoms with Crippen molar-refractivity contribution < 1.29 is 14.3 Å². The van der Waals surface area contributed by atoms with E-state index in [1.54, 1.807) is 31.3 Å². The number of methoxy groups -OCH3 is 1.